The van der Waals surface area contributed by atoms with Crippen LogP contribution in [0, 0.1) is 20.8 Å². The molecule has 1 aromatic carbocycles. The van der Waals surface area contributed by atoms with Crippen LogP contribution in [0.15, 0.2) is 6.07 Å². The number of aryl methyl sites for hydroxylation is 4. The monoisotopic (exact) mass is 241 g/mol. The Hall–Kier alpha value is -2.17. The number of nitrogens with two attached hydrogens (primary N) is 1. The van der Waals surface area contributed by atoms with Crippen molar-refractivity contribution in [1.82, 2.24) is 19.5 Å². The standard InChI is InChI=1S/C13H15N5/c1-6-5-9-10(16-8(3)7(2)15-9)11-12(6)18(4)13(14)17-11/h5H,1-4H3,(H2,14,17). The zero-order chi connectivity index (χ0) is 13.0. The van der Waals surface area contributed by atoms with E-state index in [2.05, 4.69) is 15.0 Å². The Kier molecular flexibility index (Phi) is 2.08. The SMILES string of the molecule is Cc1nc2cc(C)c3c(nc(N)n3C)c2nc1C. The van der Waals surface area contributed by atoms with Crippen LogP contribution in [0.2, 0.25) is 0 Å². The molecular formula is C13H15N5. The maximum absolute atomic E-state index is 5.88. The van der Waals surface area contributed by atoms with Gasteiger partial charge in [0.15, 0.2) is 0 Å². The molecule has 0 atom stereocenters. The Morgan fingerprint density at radius 3 is 2.39 bits per heavy atom. The van der Waals surface area contributed by atoms with E-state index in [1.807, 2.05) is 38.5 Å². The number of fused-ring (bicyclic) bond motifs is 3. The lowest BCUT2D eigenvalue weighted by molar-refractivity contribution is 0.961. The summed E-state index contributed by atoms with van der Waals surface area (Å²) in [4.78, 5) is 13.6. The first-order valence-electron chi connectivity index (χ1n) is 5.85. The molecule has 2 heterocycles. The van der Waals surface area contributed by atoms with E-state index < -0.39 is 0 Å². The van der Waals surface area contributed by atoms with Crippen LogP contribution >= 0.6 is 0 Å². The minimum atomic E-state index is 0.501. The van der Waals surface area contributed by atoms with Gasteiger partial charge in [-0.25, -0.2) is 15.0 Å². The third-order valence-corrected chi connectivity index (χ3v) is 3.41. The lowest BCUT2D eigenvalue weighted by Crippen LogP contribution is -1.98. The molecular weight excluding hydrogens is 226 g/mol. The molecule has 0 aliphatic rings. The Bertz CT molecular complexity index is 785. The Balaban J connectivity index is 2.60. The van der Waals surface area contributed by atoms with Crippen molar-refractivity contribution in [3.8, 4) is 0 Å². The van der Waals surface area contributed by atoms with Gasteiger partial charge in [-0.15, -0.1) is 0 Å². The third kappa shape index (κ3) is 1.30. The van der Waals surface area contributed by atoms with Crippen molar-refractivity contribution >= 4 is 28.0 Å². The zero-order valence-corrected chi connectivity index (χ0v) is 10.9. The number of rotatable bonds is 0. The van der Waals surface area contributed by atoms with Gasteiger partial charge in [-0.1, -0.05) is 0 Å². The molecule has 0 amide bonds. The molecule has 0 aliphatic carbocycles. The van der Waals surface area contributed by atoms with Crippen LogP contribution in [0.5, 0.6) is 0 Å². The largest absolute Gasteiger partial charge is 0.369 e. The van der Waals surface area contributed by atoms with Crippen molar-refractivity contribution in [2.75, 3.05) is 5.73 Å². The van der Waals surface area contributed by atoms with Crippen LogP contribution in [-0.4, -0.2) is 19.5 Å². The van der Waals surface area contributed by atoms with Crippen LogP contribution < -0.4 is 5.73 Å². The van der Waals surface area contributed by atoms with E-state index in [1.54, 1.807) is 0 Å². The number of anilines is 1. The molecule has 0 unspecified atom stereocenters. The smallest absolute Gasteiger partial charge is 0.201 e. The molecule has 0 saturated heterocycles. The summed E-state index contributed by atoms with van der Waals surface area (Å²) >= 11 is 0. The summed E-state index contributed by atoms with van der Waals surface area (Å²) in [5.41, 5.74) is 12.4. The lowest BCUT2D eigenvalue weighted by atomic mass is 10.1. The lowest BCUT2D eigenvalue weighted by Gasteiger charge is -2.06. The molecule has 5 heteroatoms. The van der Waals surface area contributed by atoms with Crippen molar-refractivity contribution < 1.29 is 0 Å². The van der Waals surface area contributed by atoms with Crippen LogP contribution in [0.1, 0.15) is 17.0 Å². The molecule has 0 spiro atoms. The zero-order valence-electron chi connectivity index (χ0n) is 10.9. The van der Waals surface area contributed by atoms with Crippen molar-refractivity contribution in [3.05, 3.63) is 23.0 Å². The predicted molar refractivity (Wildman–Crippen MR) is 72.4 cm³/mol. The average molecular weight is 241 g/mol. The summed E-state index contributed by atoms with van der Waals surface area (Å²) < 4.78 is 1.89. The van der Waals surface area contributed by atoms with Gasteiger partial charge in [-0.05, 0) is 32.4 Å². The number of imidazole rings is 1. The Morgan fingerprint density at radius 1 is 1.00 bits per heavy atom. The van der Waals surface area contributed by atoms with E-state index in [0.29, 0.717) is 5.95 Å². The minimum Gasteiger partial charge on any atom is -0.369 e. The number of hydrogen-bond donors (Lipinski definition) is 1. The molecule has 0 fully saturated rings. The third-order valence-electron chi connectivity index (χ3n) is 3.41. The molecule has 5 nitrogen and oxygen atoms in total. The van der Waals surface area contributed by atoms with E-state index in [1.165, 1.54) is 0 Å². The number of benzene rings is 1. The molecule has 2 N–H and O–H groups in total. The Morgan fingerprint density at radius 2 is 1.67 bits per heavy atom. The van der Waals surface area contributed by atoms with Gasteiger partial charge < -0.3 is 10.3 Å². The van der Waals surface area contributed by atoms with E-state index >= 15 is 0 Å². The molecule has 3 aromatic rings. The fraction of sp³-hybridized carbons (Fsp3) is 0.308. The van der Waals surface area contributed by atoms with Gasteiger partial charge in [0.25, 0.3) is 0 Å². The first kappa shape index (κ1) is 11.0. The molecule has 0 aliphatic heterocycles. The second kappa shape index (κ2) is 3.41. The van der Waals surface area contributed by atoms with Crippen LogP contribution in [0.4, 0.5) is 5.95 Å². The van der Waals surface area contributed by atoms with Gasteiger partial charge in [0.2, 0.25) is 5.95 Å². The maximum atomic E-state index is 5.88. The fourth-order valence-electron chi connectivity index (χ4n) is 2.30. The molecule has 2 aromatic heterocycles. The highest BCUT2D eigenvalue weighted by Crippen LogP contribution is 2.27. The topological polar surface area (TPSA) is 69.6 Å². The van der Waals surface area contributed by atoms with Gasteiger partial charge in [-0.2, -0.15) is 0 Å². The summed E-state index contributed by atoms with van der Waals surface area (Å²) in [5, 5.41) is 0. The van der Waals surface area contributed by atoms with Crippen molar-refractivity contribution in [2.24, 2.45) is 7.05 Å². The highest BCUT2D eigenvalue weighted by molar-refractivity contribution is 6.02. The molecule has 3 rings (SSSR count). The molecule has 0 bridgehead atoms. The summed E-state index contributed by atoms with van der Waals surface area (Å²) in [6.45, 7) is 5.97. The highest BCUT2D eigenvalue weighted by atomic mass is 15.1. The summed E-state index contributed by atoms with van der Waals surface area (Å²) in [5.74, 6) is 0.501. The van der Waals surface area contributed by atoms with E-state index in [-0.39, 0.29) is 0 Å². The second-order valence-corrected chi connectivity index (χ2v) is 4.68. The number of nitrogen functional groups attached to an aromatic ring is 1. The Labute approximate surface area is 105 Å². The van der Waals surface area contributed by atoms with Gasteiger partial charge in [-0.3, -0.25) is 0 Å². The van der Waals surface area contributed by atoms with Crippen LogP contribution in [0.25, 0.3) is 22.1 Å². The van der Waals surface area contributed by atoms with Crippen LogP contribution in [-0.2, 0) is 7.05 Å². The molecule has 92 valence electrons. The summed E-state index contributed by atoms with van der Waals surface area (Å²) in [7, 11) is 1.91. The van der Waals surface area contributed by atoms with Gasteiger partial charge in [0, 0.05) is 7.05 Å². The second-order valence-electron chi connectivity index (χ2n) is 4.68. The highest BCUT2D eigenvalue weighted by Gasteiger charge is 2.14. The van der Waals surface area contributed by atoms with Crippen molar-refractivity contribution in [1.29, 1.82) is 0 Å². The summed E-state index contributed by atoms with van der Waals surface area (Å²) in [6, 6.07) is 2.04. The van der Waals surface area contributed by atoms with E-state index in [9.17, 15) is 0 Å². The average Bonchev–Trinajstić information content (AvgIpc) is 2.60. The van der Waals surface area contributed by atoms with Crippen LogP contribution in [0.3, 0.4) is 0 Å². The van der Waals surface area contributed by atoms with Crippen molar-refractivity contribution in [3.63, 3.8) is 0 Å². The molecule has 0 saturated carbocycles. The predicted octanol–water partition coefficient (Wildman–Crippen LogP) is 2.02. The number of hydrogen-bond acceptors (Lipinski definition) is 4. The normalized spacial score (nSPS) is 11.6. The molecule has 18 heavy (non-hydrogen) atoms. The maximum Gasteiger partial charge on any atom is 0.201 e. The quantitative estimate of drug-likeness (QED) is 0.653. The number of nitrogens with zero attached hydrogens (tertiary/aromatic N) is 4. The minimum absolute atomic E-state index is 0.501. The summed E-state index contributed by atoms with van der Waals surface area (Å²) in [6.07, 6.45) is 0. The fourth-order valence-corrected chi connectivity index (χ4v) is 2.30. The van der Waals surface area contributed by atoms with Gasteiger partial charge >= 0.3 is 0 Å². The van der Waals surface area contributed by atoms with E-state index in [0.717, 1.165) is 39.0 Å². The molecule has 0 radical (unpaired) electrons. The van der Waals surface area contributed by atoms with E-state index in [4.69, 9.17) is 5.73 Å². The number of aromatic nitrogens is 4. The first-order chi connectivity index (χ1) is 8.49. The first-order valence-corrected chi connectivity index (χ1v) is 5.85. The van der Waals surface area contributed by atoms with Crippen molar-refractivity contribution in [2.45, 2.75) is 20.8 Å². The van der Waals surface area contributed by atoms with Gasteiger partial charge in [0.05, 0.1) is 22.4 Å². The van der Waals surface area contributed by atoms with Gasteiger partial charge in [0.1, 0.15) is 11.0 Å².